The minimum Gasteiger partial charge on any atom is -0.478 e. The van der Waals surface area contributed by atoms with Gasteiger partial charge in [0.2, 0.25) is 21.8 Å². The third-order valence-corrected chi connectivity index (χ3v) is 9.17. The lowest BCUT2D eigenvalue weighted by atomic mass is 9.96. The topological polar surface area (TPSA) is 176 Å². The van der Waals surface area contributed by atoms with Gasteiger partial charge < -0.3 is 14.8 Å². The molecule has 5 aromatic rings. The molecule has 0 aliphatic carbocycles. The van der Waals surface area contributed by atoms with Gasteiger partial charge in [0.1, 0.15) is 18.1 Å². The Labute approximate surface area is 307 Å². The van der Waals surface area contributed by atoms with Crippen molar-refractivity contribution in [1.29, 1.82) is 0 Å². The van der Waals surface area contributed by atoms with Crippen molar-refractivity contribution < 1.29 is 32.3 Å². The maximum atomic E-state index is 13.9. The maximum Gasteiger partial charge on any atom is 0.303 e. The van der Waals surface area contributed by atoms with E-state index in [1.165, 1.54) is 6.92 Å². The molecule has 3 aromatic carbocycles. The molecule has 13 nitrogen and oxygen atoms in total. The molecule has 0 radical (unpaired) electrons. The lowest BCUT2D eigenvalue weighted by Gasteiger charge is -2.27. The van der Waals surface area contributed by atoms with Gasteiger partial charge in [0.25, 0.3) is 5.56 Å². The summed E-state index contributed by atoms with van der Waals surface area (Å²) < 4.78 is 40.7. The lowest BCUT2D eigenvalue weighted by molar-refractivity contribution is -0.155. The average molecular weight is 738 g/mol. The molecule has 0 aliphatic heterocycles. The van der Waals surface area contributed by atoms with Crippen LogP contribution in [0.2, 0.25) is 0 Å². The molecular weight excluding hydrogens is 699 g/mol. The van der Waals surface area contributed by atoms with Crippen LogP contribution < -0.4 is 20.3 Å². The van der Waals surface area contributed by atoms with E-state index in [0.29, 0.717) is 17.0 Å². The third kappa shape index (κ3) is 11.4. The first-order valence-electron chi connectivity index (χ1n) is 16.8. The minimum atomic E-state index is -4.05. The van der Waals surface area contributed by atoms with Gasteiger partial charge in [-0.05, 0) is 30.0 Å². The van der Waals surface area contributed by atoms with Crippen molar-refractivity contribution in [2.24, 2.45) is 0 Å². The highest BCUT2D eigenvalue weighted by atomic mass is 32.2. The number of ether oxygens (including phenoxy) is 2. The number of carbonyl (C=O) groups is 3. The summed E-state index contributed by atoms with van der Waals surface area (Å²) in [6.45, 7) is 0.747. The summed E-state index contributed by atoms with van der Waals surface area (Å²) in [4.78, 5) is 62.2. The molecule has 53 heavy (non-hydrogen) atoms. The van der Waals surface area contributed by atoms with E-state index in [1.807, 2.05) is 18.2 Å². The van der Waals surface area contributed by atoms with Crippen LogP contribution in [0.15, 0.2) is 126 Å². The molecular formula is C39H39N5O8S. The van der Waals surface area contributed by atoms with Gasteiger partial charge in [-0.25, -0.2) is 18.4 Å². The van der Waals surface area contributed by atoms with Gasteiger partial charge in [-0.3, -0.25) is 28.5 Å². The fourth-order valence-electron chi connectivity index (χ4n) is 5.57. The Bertz CT molecular complexity index is 2150. The van der Waals surface area contributed by atoms with Crippen molar-refractivity contribution in [2.45, 2.75) is 50.6 Å². The summed E-state index contributed by atoms with van der Waals surface area (Å²) in [5, 5.41) is 2.82. The third-order valence-electron chi connectivity index (χ3n) is 7.92. The number of amides is 1. The van der Waals surface area contributed by atoms with Crippen LogP contribution in [0, 0.1) is 0 Å². The van der Waals surface area contributed by atoms with Crippen LogP contribution in [-0.2, 0) is 47.9 Å². The summed E-state index contributed by atoms with van der Waals surface area (Å²) in [6.07, 6.45) is 1.70. The number of nitrogens with zero attached hydrogens (tertiary/aromatic N) is 3. The van der Waals surface area contributed by atoms with Gasteiger partial charge in [0.05, 0.1) is 24.6 Å². The Morgan fingerprint density at radius 2 is 1.47 bits per heavy atom. The molecule has 2 heterocycles. The number of rotatable bonds is 18. The second-order valence-electron chi connectivity index (χ2n) is 12.1. The molecule has 0 fully saturated rings. The first-order chi connectivity index (χ1) is 25.6. The molecule has 0 saturated heterocycles. The normalized spacial score (nSPS) is 12.2. The van der Waals surface area contributed by atoms with Gasteiger partial charge in [-0.2, -0.15) is 0 Å². The maximum absolute atomic E-state index is 13.9. The van der Waals surface area contributed by atoms with Gasteiger partial charge in [-0.15, -0.1) is 0 Å². The zero-order valence-corrected chi connectivity index (χ0v) is 29.8. The predicted molar refractivity (Wildman–Crippen MR) is 198 cm³/mol. The summed E-state index contributed by atoms with van der Waals surface area (Å²) >= 11 is 0. The average Bonchev–Trinajstić information content (AvgIpc) is 3.15. The molecule has 14 heteroatoms. The quantitative estimate of drug-likeness (QED) is 0.0973. The number of anilines is 1. The van der Waals surface area contributed by atoms with Crippen molar-refractivity contribution in [3.63, 3.8) is 0 Å². The van der Waals surface area contributed by atoms with Crippen LogP contribution in [0.25, 0.3) is 11.4 Å². The number of pyridine rings is 1. The van der Waals surface area contributed by atoms with Crippen molar-refractivity contribution in [3.05, 3.63) is 143 Å². The number of hydrogen-bond donors (Lipinski definition) is 2. The van der Waals surface area contributed by atoms with Crippen LogP contribution in [0.1, 0.15) is 30.9 Å². The first-order valence-corrected chi connectivity index (χ1v) is 18.5. The van der Waals surface area contributed by atoms with Crippen molar-refractivity contribution in [3.8, 4) is 17.3 Å². The molecule has 0 unspecified atom stereocenters. The fourth-order valence-corrected chi connectivity index (χ4v) is 6.75. The number of carbonyl (C=O) groups excluding carboxylic acids is 3. The smallest absolute Gasteiger partial charge is 0.303 e. The zero-order chi connectivity index (χ0) is 37.6. The largest absolute Gasteiger partial charge is 0.478 e. The number of aromatic nitrogens is 3. The number of ketones is 1. The number of Topliss-reactive ketones (excluding diaryl/α,β-unsaturated/α-hetero) is 1. The number of sulfonamides is 1. The Kier molecular flexibility index (Phi) is 13.2. The van der Waals surface area contributed by atoms with E-state index in [1.54, 1.807) is 97.2 Å². The van der Waals surface area contributed by atoms with E-state index < -0.39 is 57.7 Å². The predicted octanol–water partition coefficient (Wildman–Crippen LogP) is 4.33. The van der Waals surface area contributed by atoms with E-state index in [-0.39, 0.29) is 37.4 Å². The molecule has 2 atom stereocenters. The van der Waals surface area contributed by atoms with E-state index in [0.717, 1.165) is 16.3 Å². The van der Waals surface area contributed by atoms with E-state index in [2.05, 4.69) is 20.0 Å². The van der Waals surface area contributed by atoms with Gasteiger partial charge in [-0.1, -0.05) is 97.1 Å². The SMILES string of the molecule is CC(=O)O[C@@H](C(=O)CCCOc1ccccn1)[C@H](Cc1ccccc1)NC(=O)Cn1c(-c2ccccc2)ncc(NS(=O)(=O)Cc2ccccc2)c1=O. The molecule has 1 amide bonds. The molecule has 0 aliphatic rings. The van der Waals surface area contributed by atoms with Gasteiger partial charge in [0.15, 0.2) is 11.9 Å². The lowest BCUT2D eigenvalue weighted by Crippen LogP contribution is -2.51. The van der Waals surface area contributed by atoms with Crippen LogP contribution >= 0.6 is 0 Å². The fraction of sp³-hybridized carbons (Fsp3) is 0.231. The van der Waals surface area contributed by atoms with Gasteiger partial charge >= 0.3 is 5.97 Å². The highest BCUT2D eigenvalue weighted by Crippen LogP contribution is 2.19. The standard InChI is InChI=1S/C39H39N5O8S/c1-28(45)52-37(34(46)20-13-23-51-36-21-11-12-22-40-36)32(24-29-14-5-2-6-15-29)42-35(47)26-44-38(31-18-9-4-10-19-31)41-25-33(39(44)48)43-53(49,50)27-30-16-7-3-8-17-30/h2-12,14-19,21-22,25,32,37,43H,13,20,23-24,26-27H2,1H3,(H,42,47)/t32-,37+/m0/s1. The Balaban J connectivity index is 1.41. The Morgan fingerprint density at radius 3 is 2.11 bits per heavy atom. The highest BCUT2D eigenvalue weighted by molar-refractivity contribution is 7.91. The Morgan fingerprint density at radius 1 is 0.830 bits per heavy atom. The molecule has 2 N–H and O–H groups in total. The van der Waals surface area contributed by atoms with Crippen LogP contribution in [-0.4, -0.2) is 59.4 Å². The summed E-state index contributed by atoms with van der Waals surface area (Å²) in [5.74, 6) is -1.75. The summed E-state index contributed by atoms with van der Waals surface area (Å²) in [6, 6.07) is 30.3. The number of nitrogens with one attached hydrogen (secondary N) is 2. The molecule has 0 spiro atoms. The second-order valence-corrected chi connectivity index (χ2v) is 13.8. The summed E-state index contributed by atoms with van der Waals surface area (Å²) in [7, 11) is -4.05. The molecule has 274 valence electrons. The van der Waals surface area contributed by atoms with Crippen LogP contribution in [0.5, 0.6) is 5.88 Å². The molecule has 5 rings (SSSR count). The molecule has 0 bridgehead atoms. The van der Waals surface area contributed by atoms with Crippen LogP contribution in [0.4, 0.5) is 5.69 Å². The number of esters is 1. The van der Waals surface area contributed by atoms with Crippen molar-refractivity contribution >= 4 is 33.4 Å². The second kappa shape index (κ2) is 18.4. The summed E-state index contributed by atoms with van der Waals surface area (Å²) in [5.41, 5.74) is 0.592. The van der Waals surface area contributed by atoms with E-state index >= 15 is 0 Å². The Hall–Kier alpha value is -6.15. The first kappa shape index (κ1) is 38.1. The minimum absolute atomic E-state index is 0.0291. The zero-order valence-electron chi connectivity index (χ0n) is 29.0. The highest BCUT2D eigenvalue weighted by Gasteiger charge is 2.33. The van der Waals surface area contributed by atoms with Crippen molar-refractivity contribution in [2.75, 3.05) is 11.3 Å². The van der Waals surface area contributed by atoms with E-state index in [4.69, 9.17) is 9.47 Å². The van der Waals surface area contributed by atoms with Gasteiger partial charge in [0, 0.05) is 31.2 Å². The molecule has 2 aromatic heterocycles. The number of hydrogen-bond acceptors (Lipinski definition) is 10. The molecule has 0 saturated carbocycles. The monoisotopic (exact) mass is 737 g/mol. The van der Waals surface area contributed by atoms with Crippen LogP contribution in [0.3, 0.4) is 0 Å². The van der Waals surface area contributed by atoms with E-state index in [9.17, 15) is 27.6 Å². The number of benzene rings is 3. The van der Waals surface area contributed by atoms with Crippen molar-refractivity contribution in [1.82, 2.24) is 19.9 Å².